The van der Waals surface area contributed by atoms with Crippen molar-refractivity contribution in [3.63, 3.8) is 0 Å². The van der Waals surface area contributed by atoms with Crippen LogP contribution in [0.5, 0.6) is 5.75 Å². The topological polar surface area (TPSA) is 158 Å². The number of para-hydroxylation sites is 1. The highest BCUT2D eigenvalue weighted by Crippen LogP contribution is 2.40. The van der Waals surface area contributed by atoms with Gasteiger partial charge in [0.15, 0.2) is 17.4 Å². The Morgan fingerprint density at radius 3 is 2.52 bits per heavy atom. The fourth-order valence-electron chi connectivity index (χ4n) is 4.17. The lowest BCUT2D eigenvalue weighted by Crippen LogP contribution is -2.27. The molecular weight excluding hydrogens is 532 g/mol. The number of amides is 2. The van der Waals surface area contributed by atoms with E-state index in [1.807, 2.05) is 26.0 Å². The maximum Gasteiger partial charge on any atom is 0.259 e. The highest BCUT2D eigenvalue weighted by Gasteiger charge is 2.21. The summed E-state index contributed by atoms with van der Waals surface area (Å²) in [7, 11) is 0. The Morgan fingerprint density at radius 1 is 1.02 bits per heavy atom. The number of nitrogens with zero attached hydrogens (tertiary/aromatic N) is 6. The third-order valence-corrected chi connectivity index (χ3v) is 6.27. The van der Waals surface area contributed by atoms with Crippen molar-refractivity contribution in [2.24, 2.45) is 16.1 Å². The lowest BCUT2D eigenvalue weighted by atomic mass is 10.00. The van der Waals surface area contributed by atoms with Gasteiger partial charge in [-0.1, -0.05) is 44.2 Å². The number of rotatable bonds is 8. The zero-order valence-corrected chi connectivity index (χ0v) is 22.8. The summed E-state index contributed by atoms with van der Waals surface area (Å²) in [5, 5.41) is 40.3. The van der Waals surface area contributed by atoms with Gasteiger partial charge in [0.1, 0.15) is 17.3 Å². The number of fused-ring (bicyclic) bond motifs is 1. The van der Waals surface area contributed by atoms with Gasteiger partial charge in [-0.05, 0) is 53.8 Å². The van der Waals surface area contributed by atoms with Gasteiger partial charge < -0.3 is 15.7 Å². The fourth-order valence-corrected chi connectivity index (χ4v) is 4.17. The number of hydrogen-bond acceptors (Lipinski definition) is 8. The van der Waals surface area contributed by atoms with Gasteiger partial charge in [0.05, 0.1) is 11.8 Å². The lowest BCUT2D eigenvalue weighted by molar-refractivity contribution is 0.0948. The van der Waals surface area contributed by atoms with Crippen molar-refractivity contribution in [3.8, 4) is 17.6 Å². The SMILES string of the molecule is CC(C)CNC(=O)c1ccc2c(/N=N/c3c(C#N)cnn3-c3ccccn3)c(O)c(C(=O)Nc3ccccc3)cc2c1. The molecule has 42 heavy (non-hydrogen) atoms. The maximum absolute atomic E-state index is 13.3. The maximum atomic E-state index is 13.3. The number of hydrogen-bond donors (Lipinski definition) is 3. The van der Waals surface area contributed by atoms with Crippen molar-refractivity contribution in [2.75, 3.05) is 11.9 Å². The standard InChI is InChI=1S/C31H26N8O3/c1-19(2)17-34-30(41)20-11-12-24-21(14-20)15-25(31(42)36-23-8-4-3-5-9-23)28(40)27(24)37-38-29-22(16-32)18-35-39(29)26-10-6-7-13-33-26/h3-15,18-19,40H,17H2,1-2H3,(H,34,41)(H,36,42)/b38-37+. The molecule has 0 aliphatic carbocycles. The summed E-state index contributed by atoms with van der Waals surface area (Å²) in [5.74, 6) is -0.496. The van der Waals surface area contributed by atoms with E-state index in [-0.39, 0.29) is 34.5 Å². The number of phenolic OH excluding ortho intramolecular Hbond substituents is 1. The summed E-state index contributed by atoms with van der Waals surface area (Å²) in [4.78, 5) is 30.4. The van der Waals surface area contributed by atoms with E-state index >= 15 is 0 Å². The minimum absolute atomic E-state index is 0.0162. The molecule has 0 atom stereocenters. The quantitative estimate of drug-likeness (QED) is 0.197. The molecule has 0 spiro atoms. The number of carbonyl (C=O) groups excluding carboxylic acids is 2. The van der Waals surface area contributed by atoms with Gasteiger partial charge in [0.2, 0.25) is 0 Å². The molecular formula is C31H26N8O3. The Kier molecular flexibility index (Phi) is 7.97. The Labute approximate surface area is 241 Å². The van der Waals surface area contributed by atoms with Crippen LogP contribution < -0.4 is 10.6 Å². The van der Waals surface area contributed by atoms with Gasteiger partial charge in [-0.15, -0.1) is 10.2 Å². The zero-order valence-electron chi connectivity index (χ0n) is 22.8. The first-order chi connectivity index (χ1) is 20.4. The normalized spacial score (nSPS) is 11.1. The summed E-state index contributed by atoms with van der Waals surface area (Å²) < 4.78 is 1.35. The molecule has 0 aliphatic rings. The van der Waals surface area contributed by atoms with E-state index in [0.29, 0.717) is 34.4 Å². The number of pyridine rings is 1. The number of carbonyl (C=O) groups is 2. The molecule has 0 fully saturated rings. The van der Waals surface area contributed by atoms with Crippen molar-refractivity contribution in [1.82, 2.24) is 20.1 Å². The monoisotopic (exact) mass is 558 g/mol. The van der Waals surface area contributed by atoms with Gasteiger partial charge >= 0.3 is 0 Å². The second-order valence-corrected chi connectivity index (χ2v) is 9.77. The molecule has 2 amide bonds. The van der Waals surface area contributed by atoms with Crippen LogP contribution in [-0.2, 0) is 0 Å². The first-order valence-electron chi connectivity index (χ1n) is 13.1. The van der Waals surface area contributed by atoms with Crippen molar-refractivity contribution < 1.29 is 14.7 Å². The van der Waals surface area contributed by atoms with Gasteiger partial charge in [0.25, 0.3) is 11.8 Å². The molecule has 5 aromatic rings. The van der Waals surface area contributed by atoms with Gasteiger partial charge in [0, 0.05) is 29.4 Å². The Balaban J connectivity index is 1.63. The second-order valence-electron chi connectivity index (χ2n) is 9.77. The second kappa shape index (κ2) is 12.1. The van der Waals surface area contributed by atoms with Crippen LogP contribution in [0.4, 0.5) is 17.2 Å². The van der Waals surface area contributed by atoms with Crippen LogP contribution in [0.3, 0.4) is 0 Å². The average molecular weight is 559 g/mol. The van der Waals surface area contributed by atoms with E-state index in [9.17, 15) is 20.0 Å². The summed E-state index contributed by atoms with van der Waals surface area (Å²) in [6, 6.07) is 22.4. The van der Waals surface area contributed by atoms with Crippen LogP contribution in [0.15, 0.2) is 95.4 Å². The van der Waals surface area contributed by atoms with E-state index < -0.39 is 11.7 Å². The molecule has 208 valence electrons. The Hall–Kier alpha value is -5.89. The molecule has 11 nitrogen and oxygen atoms in total. The summed E-state index contributed by atoms with van der Waals surface area (Å²) in [6.07, 6.45) is 2.92. The molecule has 0 saturated heterocycles. The van der Waals surface area contributed by atoms with Crippen molar-refractivity contribution >= 4 is 39.8 Å². The zero-order chi connectivity index (χ0) is 29.6. The molecule has 0 bridgehead atoms. The molecule has 3 N–H and O–H groups in total. The van der Waals surface area contributed by atoms with E-state index in [1.165, 1.54) is 16.9 Å². The molecule has 11 heteroatoms. The van der Waals surface area contributed by atoms with Crippen LogP contribution in [0.2, 0.25) is 0 Å². The highest BCUT2D eigenvalue weighted by molar-refractivity contribution is 6.12. The summed E-state index contributed by atoms with van der Waals surface area (Å²) >= 11 is 0. The molecule has 0 saturated carbocycles. The number of nitrogens with one attached hydrogen (secondary N) is 2. The molecule has 0 radical (unpaired) electrons. The molecule has 3 aromatic carbocycles. The molecule has 5 rings (SSSR count). The number of nitriles is 1. The molecule has 2 aromatic heterocycles. The van der Waals surface area contributed by atoms with Gasteiger partial charge in [-0.25, -0.2) is 4.98 Å². The largest absolute Gasteiger partial charge is 0.505 e. The van der Waals surface area contributed by atoms with E-state index in [1.54, 1.807) is 66.9 Å². The number of benzene rings is 3. The third-order valence-electron chi connectivity index (χ3n) is 6.27. The minimum atomic E-state index is -0.581. The number of azo groups is 1. The Bertz CT molecular complexity index is 1840. The van der Waals surface area contributed by atoms with E-state index in [4.69, 9.17) is 0 Å². The first-order valence-corrected chi connectivity index (χ1v) is 13.1. The van der Waals surface area contributed by atoms with E-state index in [0.717, 1.165) is 0 Å². The van der Waals surface area contributed by atoms with Crippen LogP contribution in [0.1, 0.15) is 40.1 Å². The predicted octanol–water partition coefficient (Wildman–Crippen LogP) is 6.05. The fraction of sp³-hybridized carbons (Fsp3) is 0.129. The van der Waals surface area contributed by atoms with Crippen molar-refractivity contribution in [2.45, 2.75) is 13.8 Å². The molecule has 0 aliphatic heterocycles. The summed E-state index contributed by atoms with van der Waals surface area (Å²) in [5.41, 5.74) is 0.961. The van der Waals surface area contributed by atoms with Crippen LogP contribution in [0.25, 0.3) is 16.6 Å². The highest BCUT2D eigenvalue weighted by atomic mass is 16.3. The molecule has 0 unspecified atom stereocenters. The molecule has 2 heterocycles. The predicted molar refractivity (Wildman–Crippen MR) is 157 cm³/mol. The van der Waals surface area contributed by atoms with Crippen molar-refractivity contribution in [1.29, 1.82) is 5.26 Å². The Morgan fingerprint density at radius 2 is 1.81 bits per heavy atom. The number of anilines is 1. The number of phenols is 1. The average Bonchev–Trinajstić information content (AvgIpc) is 3.42. The van der Waals surface area contributed by atoms with Crippen LogP contribution >= 0.6 is 0 Å². The van der Waals surface area contributed by atoms with Gasteiger partial charge in [-0.2, -0.15) is 15.0 Å². The number of aromatic nitrogens is 3. The van der Waals surface area contributed by atoms with Crippen LogP contribution in [-0.4, -0.2) is 38.2 Å². The lowest BCUT2D eigenvalue weighted by Gasteiger charge is -2.13. The first kappa shape index (κ1) is 27.7. The third kappa shape index (κ3) is 5.83. The minimum Gasteiger partial charge on any atom is -0.505 e. The van der Waals surface area contributed by atoms with Crippen molar-refractivity contribution in [3.05, 3.63) is 102 Å². The number of aromatic hydroxyl groups is 1. The smallest absolute Gasteiger partial charge is 0.259 e. The van der Waals surface area contributed by atoms with E-state index in [2.05, 4.69) is 30.9 Å². The summed E-state index contributed by atoms with van der Waals surface area (Å²) in [6.45, 7) is 4.49. The van der Waals surface area contributed by atoms with Gasteiger partial charge in [-0.3, -0.25) is 9.59 Å². The van der Waals surface area contributed by atoms with Crippen LogP contribution in [0, 0.1) is 17.2 Å².